The first-order chi connectivity index (χ1) is 26.3. The molecule has 1 fully saturated rings. The van der Waals surface area contributed by atoms with Crippen molar-refractivity contribution in [2.75, 3.05) is 91.7 Å². The molecule has 1 heterocycles. The third-order valence-electron chi connectivity index (χ3n) is 9.45. The molecule has 312 valence electrons. The van der Waals surface area contributed by atoms with Crippen LogP contribution in [0, 0.1) is 0 Å². The number of carboxylic acids is 4. The van der Waals surface area contributed by atoms with Crippen molar-refractivity contribution >= 4 is 29.8 Å². The van der Waals surface area contributed by atoms with Gasteiger partial charge in [-0.3, -0.25) is 49.0 Å². The molecule has 1 aliphatic rings. The summed E-state index contributed by atoms with van der Waals surface area (Å²) in [5, 5.41) is 52.1. The average Bonchev–Trinajstić information content (AvgIpc) is 3.12. The van der Waals surface area contributed by atoms with Crippen LogP contribution < -0.4 is 21.3 Å². The van der Waals surface area contributed by atoms with Gasteiger partial charge in [0.1, 0.15) is 18.5 Å². The second kappa shape index (κ2) is 27.6. The van der Waals surface area contributed by atoms with Crippen molar-refractivity contribution in [1.29, 1.82) is 0 Å². The summed E-state index contributed by atoms with van der Waals surface area (Å²) in [4.78, 5) is 64.8. The lowest BCUT2D eigenvalue weighted by Crippen LogP contribution is -2.53. The van der Waals surface area contributed by atoms with Crippen molar-refractivity contribution in [2.24, 2.45) is 5.84 Å². The molecule has 55 heavy (non-hydrogen) atoms. The smallest absolute Gasteiger partial charge is 0.317 e. The Morgan fingerprint density at radius 3 is 1.73 bits per heavy atom. The molecule has 0 aliphatic carbocycles. The number of hydrogen-bond donors (Lipinski definition) is 8. The number of nitrogens with zero attached hydrogens (tertiary/aromatic N) is 4. The number of carbonyl (C=O) groups excluding carboxylic acids is 1. The van der Waals surface area contributed by atoms with E-state index in [1.165, 1.54) is 0 Å². The number of carbonyl (C=O) groups is 5. The van der Waals surface area contributed by atoms with Gasteiger partial charge < -0.3 is 35.6 Å². The zero-order chi connectivity index (χ0) is 40.4. The minimum atomic E-state index is -1.08. The van der Waals surface area contributed by atoms with E-state index in [1.54, 1.807) is 31.7 Å². The molecule has 0 bridgehead atoms. The van der Waals surface area contributed by atoms with Gasteiger partial charge in [0.05, 0.1) is 26.2 Å². The number of aliphatic hydroxyl groups is 1. The van der Waals surface area contributed by atoms with Crippen LogP contribution in [-0.4, -0.2) is 179 Å². The van der Waals surface area contributed by atoms with Gasteiger partial charge in [-0.1, -0.05) is 50.7 Å². The van der Waals surface area contributed by atoms with Gasteiger partial charge in [0.25, 0.3) is 0 Å². The fourth-order valence-corrected chi connectivity index (χ4v) is 6.54. The largest absolute Gasteiger partial charge is 0.491 e. The maximum atomic E-state index is 12.0. The summed E-state index contributed by atoms with van der Waals surface area (Å²) in [7, 11) is 0. The highest BCUT2D eigenvalue weighted by atomic mass is 16.5. The molecule has 0 aromatic heterocycles. The van der Waals surface area contributed by atoms with Crippen molar-refractivity contribution in [1.82, 2.24) is 30.3 Å². The summed E-state index contributed by atoms with van der Waals surface area (Å²) in [5.74, 6) is 1.24. The van der Waals surface area contributed by atoms with Gasteiger partial charge in [-0.25, -0.2) is 5.84 Å². The molecule has 18 nitrogen and oxygen atoms in total. The number of carboxylic acid groups (broad SMARTS) is 4. The van der Waals surface area contributed by atoms with Crippen LogP contribution in [0.2, 0.25) is 0 Å². The zero-order valence-corrected chi connectivity index (χ0v) is 32.0. The summed E-state index contributed by atoms with van der Waals surface area (Å²) in [6.07, 6.45) is 8.66. The first kappa shape index (κ1) is 47.2. The van der Waals surface area contributed by atoms with E-state index in [0.29, 0.717) is 25.1 Å². The monoisotopic (exact) mass is 781 g/mol. The summed E-state index contributed by atoms with van der Waals surface area (Å²) in [6, 6.07) is 6.72. The van der Waals surface area contributed by atoms with E-state index in [-0.39, 0.29) is 84.5 Å². The molecule has 9 N–H and O–H groups in total. The van der Waals surface area contributed by atoms with Gasteiger partial charge >= 0.3 is 23.9 Å². The van der Waals surface area contributed by atoms with Gasteiger partial charge in [0.2, 0.25) is 5.91 Å². The minimum absolute atomic E-state index is 0.0875. The maximum absolute atomic E-state index is 12.0. The normalized spacial score (nSPS) is 17.5. The SMILES string of the molecule is NNC(=O)CCCCCCCCCCNCC(O)COc1ccc(CC2CN(CC(=O)O)CCN(CC(=O)O)CCN(CC(=O)O)CCN2CC(=O)O)cc1. The molecule has 0 spiro atoms. The lowest BCUT2D eigenvalue weighted by atomic mass is 10.0. The van der Waals surface area contributed by atoms with Crippen LogP contribution in [0.1, 0.15) is 63.4 Å². The summed E-state index contributed by atoms with van der Waals surface area (Å²) in [5.41, 5.74) is 2.98. The number of hydrazine groups is 1. The van der Waals surface area contributed by atoms with Crippen LogP contribution in [0.15, 0.2) is 24.3 Å². The molecular weight excluding hydrogens is 718 g/mol. The lowest BCUT2D eigenvalue weighted by Gasteiger charge is -2.37. The standard InChI is InChI=1S/C37H63N7O11/c38-40-33(46)9-7-5-3-1-2-4-6-8-14-39-22-31(45)28-55-32-12-10-29(11-13-32)21-30-23-43(26-36(51)52)18-17-41(24-34(47)48)15-16-42(25-35(49)50)19-20-44(30)27-37(53)54/h10-13,30-31,39,45H,1-9,14-28,38H2,(H,40,46)(H,47,48)(H,49,50)(H,51,52)(H,53,54). The third-order valence-corrected chi connectivity index (χ3v) is 9.45. The number of amides is 1. The molecule has 1 amide bonds. The Morgan fingerprint density at radius 1 is 0.691 bits per heavy atom. The number of aliphatic hydroxyl groups excluding tert-OH is 1. The molecule has 1 saturated heterocycles. The lowest BCUT2D eigenvalue weighted by molar-refractivity contribution is -0.142. The zero-order valence-electron chi connectivity index (χ0n) is 32.0. The molecule has 0 saturated carbocycles. The van der Waals surface area contributed by atoms with E-state index in [0.717, 1.165) is 63.5 Å². The highest BCUT2D eigenvalue weighted by Crippen LogP contribution is 2.17. The van der Waals surface area contributed by atoms with Gasteiger partial charge in [0, 0.05) is 64.8 Å². The van der Waals surface area contributed by atoms with E-state index in [9.17, 15) is 49.5 Å². The fourth-order valence-electron chi connectivity index (χ4n) is 6.54. The van der Waals surface area contributed by atoms with E-state index in [1.807, 2.05) is 12.1 Å². The minimum Gasteiger partial charge on any atom is -0.491 e. The van der Waals surface area contributed by atoms with Gasteiger partial charge in [-0.2, -0.15) is 0 Å². The Balaban J connectivity index is 1.94. The molecule has 2 rings (SSSR count). The maximum Gasteiger partial charge on any atom is 0.317 e. The first-order valence-electron chi connectivity index (χ1n) is 19.2. The predicted molar refractivity (Wildman–Crippen MR) is 204 cm³/mol. The first-order valence-corrected chi connectivity index (χ1v) is 19.2. The number of nitrogens with two attached hydrogens (primary N) is 1. The van der Waals surface area contributed by atoms with E-state index < -0.39 is 36.0 Å². The average molecular weight is 782 g/mol. The highest BCUT2D eigenvalue weighted by molar-refractivity contribution is 5.75. The van der Waals surface area contributed by atoms with Crippen molar-refractivity contribution in [3.63, 3.8) is 0 Å². The van der Waals surface area contributed by atoms with Crippen LogP contribution in [0.4, 0.5) is 0 Å². The van der Waals surface area contributed by atoms with Crippen molar-refractivity contribution in [3.05, 3.63) is 29.8 Å². The summed E-state index contributed by atoms with van der Waals surface area (Å²) in [6.45, 7) is 1.50. The number of ether oxygens (including phenoxy) is 1. The third kappa shape index (κ3) is 22.9. The Labute approximate surface area is 323 Å². The molecule has 1 aromatic carbocycles. The van der Waals surface area contributed by atoms with E-state index in [2.05, 4.69) is 10.7 Å². The molecule has 1 aromatic rings. The second-order valence-electron chi connectivity index (χ2n) is 14.1. The van der Waals surface area contributed by atoms with Crippen LogP contribution in [0.5, 0.6) is 5.75 Å². The predicted octanol–water partition coefficient (Wildman–Crippen LogP) is -0.0122. The van der Waals surface area contributed by atoms with Gasteiger partial charge in [0.15, 0.2) is 0 Å². The summed E-state index contributed by atoms with van der Waals surface area (Å²) >= 11 is 0. The molecule has 0 radical (unpaired) electrons. The quantitative estimate of drug-likeness (QED) is 0.0266. The number of nitrogens with one attached hydrogen (secondary N) is 2. The molecule has 18 heteroatoms. The van der Waals surface area contributed by atoms with Crippen LogP contribution in [-0.2, 0) is 30.4 Å². The molecule has 1 aliphatic heterocycles. The van der Waals surface area contributed by atoms with E-state index in [4.69, 9.17) is 10.6 Å². The van der Waals surface area contributed by atoms with Crippen molar-refractivity contribution in [3.8, 4) is 5.75 Å². The Morgan fingerprint density at radius 2 is 1.18 bits per heavy atom. The van der Waals surface area contributed by atoms with Gasteiger partial charge in [-0.05, 0) is 43.5 Å². The number of aliphatic carboxylic acids is 4. The topological polar surface area (TPSA) is 259 Å². The number of benzene rings is 1. The highest BCUT2D eigenvalue weighted by Gasteiger charge is 2.27. The molecule has 2 atom stereocenters. The Bertz CT molecular complexity index is 1290. The Kier molecular flexibility index (Phi) is 23.7. The number of rotatable bonds is 26. The number of hydrogen-bond acceptors (Lipinski definition) is 13. The second-order valence-corrected chi connectivity index (χ2v) is 14.1. The fraction of sp³-hybridized carbons (Fsp3) is 0.703. The van der Waals surface area contributed by atoms with Crippen LogP contribution >= 0.6 is 0 Å². The van der Waals surface area contributed by atoms with E-state index >= 15 is 0 Å². The number of unbranched alkanes of at least 4 members (excludes halogenated alkanes) is 7. The van der Waals surface area contributed by atoms with Crippen molar-refractivity contribution < 1.29 is 54.2 Å². The summed E-state index contributed by atoms with van der Waals surface area (Å²) < 4.78 is 5.81. The van der Waals surface area contributed by atoms with Gasteiger partial charge in [-0.15, -0.1) is 0 Å². The van der Waals surface area contributed by atoms with Crippen molar-refractivity contribution in [2.45, 2.75) is 76.4 Å². The Hall–Kier alpha value is -3.91. The van der Waals surface area contributed by atoms with Crippen LogP contribution in [0.3, 0.4) is 0 Å². The molecular formula is C37H63N7O11. The molecule has 2 unspecified atom stereocenters. The van der Waals surface area contributed by atoms with Crippen LogP contribution in [0.25, 0.3) is 0 Å².